The van der Waals surface area contributed by atoms with Gasteiger partial charge in [-0.1, -0.05) is 17.4 Å². The van der Waals surface area contributed by atoms with Crippen molar-refractivity contribution in [2.24, 2.45) is 0 Å². The number of aromatic nitrogens is 2. The minimum atomic E-state index is 0.653. The second-order valence-corrected chi connectivity index (χ2v) is 4.99. The number of aryl methyl sites for hydroxylation is 1. The van der Waals surface area contributed by atoms with Crippen LogP contribution in [0.3, 0.4) is 0 Å². The van der Waals surface area contributed by atoms with Crippen LogP contribution in [0.1, 0.15) is 28.0 Å². The molecule has 2 aromatic rings. The fraction of sp³-hybridized carbons (Fsp3) is 0.308. The zero-order valence-corrected chi connectivity index (χ0v) is 11.3. The predicted molar refractivity (Wildman–Crippen MR) is 73.2 cm³/mol. The van der Waals surface area contributed by atoms with Gasteiger partial charge in [0, 0.05) is 12.2 Å². The first-order valence-electron chi connectivity index (χ1n) is 5.81. The molecular formula is C13H15N3OS. The van der Waals surface area contributed by atoms with Crippen LogP contribution < -0.4 is 4.90 Å². The van der Waals surface area contributed by atoms with E-state index in [0.717, 1.165) is 29.4 Å². The zero-order chi connectivity index (χ0) is 13.0. The predicted octanol–water partition coefficient (Wildman–Crippen LogP) is 2.69. The van der Waals surface area contributed by atoms with Crippen molar-refractivity contribution in [1.82, 2.24) is 9.97 Å². The Hall–Kier alpha value is -1.75. The van der Waals surface area contributed by atoms with Crippen molar-refractivity contribution in [1.29, 1.82) is 0 Å². The molecule has 94 valence electrons. The monoisotopic (exact) mass is 261 g/mol. The Bertz CT molecular complexity index is 539. The first kappa shape index (κ1) is 12.7. The maximum atomic E-state index is 10.7. The van der Waals surface area contributed by atoms with Crippen molar-refractivity contribution in [2.75, 3.05) is 11.4 Å². The van der Waals surface area contributed by atoms with Crippen LogP contribution in [0.2, 0.25) is 0 Å². The quantitative estimate of drug-likeness (QED) is 0.776. The number of hydrogen-bond acceptors (Lipinski definition) is 5. The van der Waals surface area contributed by atoms with Gasteiger partial charge in [0.15, 0.2) is 11.4 Å². The smallest absolute Gasteiger partial charge is 0.186 e. The molecule has 2 aromatic heterocycles. The lowest BCUT2D eigenvalue weighted by atomic mass is 10.3. The second kappa shape index (κ2) is 5.73. The van der Waals surface area contributed by atoms with E-state index in [9.17, 15) is 4.79 Å². The van der Waals surface area contributed by atoms with Crippen molar-refractivity contribution in [2.45, 2.75) is 20.4 Å². The van der Waals surface area contributed by atoms with Crippen LogP contribution in [0, 0.1) is 6.92 Å². The van der Waals surface area contributed by atoms with E-state index < -0.39 is 0 Å². The lowest BCUT2D eigenvalue weighted by molar-refractivity contribution is 0.112. The van der Waals surface area contributed by atoms with Gasteiger partial charge in [-0.2, -0.15) is 0 Å². The number of anilines is 1. The number of hydrogen-bond donors (Lipinski definition) is 0. The minimum Gasteiger partial charge on any atom is -0.342 e. The number of aldehydes is 1. The van der Waals surface area contributed by atoms with E-state index in [1.54, 1.807) is 6.20 Å². The van der Waals surface area contributed by atoms with Gasteiger partial charge >= 0.3 is 0 Å². The van der Waals surface area contributed by atoms with Gasteiger partial charge in [-0.15, -0.1) is 0 Å². The van der Waals surface area contributed by atoms with E-state index in [-0.39, 0.29) is 0 Å². The van der Waals surface area contributed by atoms with Gasteiger partial charge in [0.2, 0.25) is 0 Å². The summed E-state index contributed by atoms with van der Waals surface area (Å²) in [4.78, 5) is 22.2. The van der Waals surface area contributed by atoms with Gasteiger partial charge in [0.05, 0.1) is 23.3 Å². The lowest BCUT2D eigenvalue weighted by Gasteiger charge is -2.19. The van der Waals surface area contributed by atoms with Crippen molar-refractivity contribution < 1.29 is 4.79 Å². The molecule has 0 amide bonds. The van der Waals surface area contributed by atoms with Gasteiger partial charge in [0.25, 0.3) is 0 Å². The van der Waals surface area contributed by atoms with Crippen molar-refractivity contribution in [3.05, 3.63) is 40.7 Å². The molecule has 4 nitrogen and oxygen atoms in total. The summed E-state index contributed by atoms with van der Waals surface area (Å²) in [5.41, 5.74) is 2.02. The number of nitrogens with zero attached hydrogens (tertiary/aromatic N) is 3. The Morgan fingerprint density at radius 2 is 2.28 bits per heavy atom. The Morgan fingerprint density at radius 1 is 1.44 bits per heavy atom. The summed E-state index contributed by atoms with van der Waals surface area (Å²) < 4.78 is 0. The van der Waals surface area contributed by atoms with Crippen LogP contribution in [0.5, 0.6) is 0 Å². The molecule has 2 heterocycles. The fourth-order valence-electron chi connectivity index (χ4n) is 1.68. The number of rotatable bonds is 5. The molecule has 0 bridgehead atoms. The molecule has 0 atom stereocenters. The Labute approximate surface area is 110 Å². The van der Waals surface area contributed by atoms with Gasteiger partial charge in [-0.3, -0.25) is 9.78 Å². The molecule has 0 aliphatic heterocycles. The summed E-state index contributed by atoms with van der Waals surface area (Å²) in [5, 5.41) is 0.864. The average Bonchev–Trinajstić information content (AvgIpc) is 2.84. The van der Waals surface area contributed by atoms with Crippen LogP contribution >= 0.6 is 11.3 Å². The van der Waals surface area contributed by atoms with Crippen LogP contribution in [0.4, 0.5) is 5.13 Å². The normalized spacial score (nSPS) is 10.3. The minimum absolute atomic E-state index is 0.653. The van der Waals surface area contributed by atoms with E-state index in [2.05, 4.69) is 21.8 Å². The third-order valence-electron chi connectivity index (χ3n) is 2.58. The summed E-state index contributed by atoms with van der Waals surface area (Å²) in [6.07, 6.45) is 2.44. The summed E-state index contributed by atoms with van der Waals surface area (Å²) in [6.45, 7) is 5.59. The molecule has 0 radical (unpaired) electrons. The molecule has 18 heavy (non-hydrogen) atoms. The average molecular weight is 261 g/mol. The van der Waals surface area contributed by atoms with E-state index in [0.29, 0.717) is 11.4 Å². The van der Waals surface area contributed by atoms with Crippen molar-refractivity contribution in [3.63, 3.8) is 0 Å². The summed E-state index contributed by atoms with van der Waals surface area (Å²) in [5.74, 6) is 0. The topological polar surface area (TPSA) is 46.1 Å². The summed E-state index contributed by atoms with van der Waals surface area (Å²) >= 11 is 1.41. The van der Waals surface area contributed by atoms with Crippen molar-refractivity contribution in [3.8, 4) is 0 Å². The number of thiazole rings is 1. The number of carbonyl (C=O) groups excluding carboxylic acids is 1. The largest absolute Gasteiger partial charge is 0.342 e. The van der Waals surface area contributed by atoms with Gasteiger partial charge in [-0.05, 0) is 26.0 Å². The molecule has 2 rings (SSSR count). The molecule has 0 aliphatic rings. The lowest BCUT2D eigenvalue weighted by Crippen LogP contribution is -2.22. The number of pyridine rings is 1. The molecule has 0 saturated carbocycles. The standard InChI is InChI=1S/C13H15N3OS/c1-3-16(13-14-7-12(9-17)18-13)8-11-6-4-5-10(2)15-11/h4-7,9H,3,8H2,1-2H3. The summed E-state index contributed by atoms with van der Waals surface area (Å²) in [7, 11) is 0. The van der Waals surface area contributed by atoms with Gasteiger partial charge in [-0.25, -0.2) is 4.98 Å². The maximum absolute atomic E-state index is 10.7. The van der Waals surface area contributed by atoms with E-state index >= 15 is 0 Å². The maximum Gasteiger partial charge on any atom is 0.186 e. The molecular weight excluding hydrogens is 246 g/mol. The van der Waals surface area contributed by atoms with Gasteiger partial charge in [0.1, 0.15) is 0 Å². The Balaban J connectivity index is 2.16. The Kier molecular flexibility index (Phi) is 4.04. The highest BCUT2D eigenvalue weighted by Crippen LogP contribution is 2.22. The van der Waals surface area contributed by atoms with Gasteiger partial charge < -0.3 is 4.90 Å². The highest BCUT2D eigenvalue weighted by molar-refractivity contribution is 7.17. The summed E-state index contributed by atoms with van der Waals surface area (Å²) in [6, 6.07) is 5.99. The highest BCUT2D eigenvalue weighted by Gasteiger charge is 2.10. The first-order valence-corrected chi connectivity index (χ1v) is 6.63. The molecule has 0 aromatic carbocycles. The molecule has 0 N–H and O–H groups in total. The SMILES string of the molecule is CCN(Cc1cccc(C)n1)c1ncc(C=O)s1. The number of carbonyl (C=O) groups is 1. The zero-order valence-electron chi connectivity index (χ0n) is 10.5. The molecule has 0 saturated heterocycles. The van der Waals surface area contributed by atoms with Crippen LogP contribution in [-0.2, 0) is 6.54 Å². The van der Waals surface area contributed by atoms with Crippen LogP contribution in [-0.4, -0.2) is 22.8 Å². The molecule has 0 spiro atoms. The van der Waals surface area contributed by atoms with Crippen LogP contribution in [0.15, 0.2) is 24.4 Å². The highest BCUT2D eigenvalue weighted by atomic mass is 32.1. The Morgan fingerprint density at radius 3 is 2.89 bits per heavy atom. The van der Waals surface area contributed by atoms with E-state index in [4.69, 9.17) is 0 Å². The second-order valence-electron chi connectivity index (χ2n) is 3.95. The molecule has 0 fully saturated rings. The third kappa shape index (κ3) is 2.92. The molecule has 0 aliphatic carbocycles. The van der Waals surface area contributed by atoms with E-state index in [1.165, 1.54) is 11.3 Å². The van der Waals surface area contributed by atoms with Crippen LogP contribution in [0.25, 0.3) is 0 Å². The van der Waals surface area contributed by atoms with E-state index in [1.807, 2.05) is 25.1 Å². The molecule has 5 heteroatoms. The van der Waals surface area contributed by atoms with Crippen molar-refractivity contribution >= 4 is 22.8 Å². The third-order valence-corrected chi connectivity index (χ3v) is 3.56. The molecule has 0 unspecified atom stereocenters. The first-order chi connectivity index (χ1) is 8.72. The fourth-order valence-corrected chi connectivity index (χ4v) is 2.47.